The maximum Gasteiger partial charge on any atom is 0.163 e. The minimum absolute atomic E-state index is 0.00594. The quantitative estimate of drug-likeness (QED) is 0.848. The van der Waals surface area contributed by atoms with Crippen LogP contribution in [0, 0.1) is 6.92 Å². The summed E-state index contributed by atoms with van der Waals surface area (Å²) < 4.78 is 11.2. The van der Waals surface area contributed by atoms with Crippen LogP contribution in [0.25, 0.3) is 0 Å². The van der Waals surface area contributed by atoms with Crippen LogP contribution in [0.15, 0.2) is 18.2 Å². The average Bonchev–Trinajstić information content (AvgIpc) is 2.40. The molecule has 4 heteroatoms. The van der Waals surface area contributed by atoms with E-state index < -0.39 is 6.10 Å². The number of halogens is 1. The third-order valence-electron chi connectivity index (χ3n) is 3.36. The van der Waals surface area contributed by atoms with Crippen molar-refractivity contribution in [2.75, 3.05) is 13.2 Å². The molecule has 1 aromatic carbocycles. The third kappa shape index (κ3) is 3.78. The maximum atomic E-state index is 11.8. The molecule has 0 radical (unpaired) electrons. The highest BCUT2D eigenvalue weighted by Gasteiger charge is 2.24. The predicted octanol–water partition coefficient (Wildman–Crippen LogP) is 3.47. The van der Waals surface area contributed by atoms with E-state index in [4.69, 9.17) is 21.1 Å². The van der Waals surface area contributed by atoms with Crippen LogP contribution in [0.3, 0.4) is 0 Å². The summed E-state index contributed by atoms with van der Waals surface area (Å²) >= 11 is 6.12. The van der Waals surface area contributed by atoms with E-state index in [0.717, 1.165) is 24.0 Å². The van der Waals surface area contributed by atoms with Gasteiger partial charge in [-0.15, -0.1) is 0 Å². The fourth-order valence-corrected chi connectivity index (χ4v) is 2.37. The number of ether oxygens (including phenoxy) is 2. The van der Waals surface area contributed by atoms with E-state index in [-0.39, 0.29) is 11.9 Å². The second-order valence-corrected chi connectivity index (χ2v) is 5.35. The lowest BCUT2D eigenvalue weighted by Crippen LogP contribution is -2.27. The first kappa shape index (κ1) is 14.5. The Hall–Kier alpha value is -0.900. The molecule has 2 rings (SSSR count). The number of carbonyl (C=O) groups excluding carboxylic acids is 1. The van der Waals surface area contributed by atoms with Crippen LogP contribution in [0.5, 0.6) is 0 Å². The molecule has 0 aliphatic carbocycles. The summed E-state index contributed by atoms with van der Waals surface area (Å²) in [5, 5.41) is 0.666. The smallest absolute Gasteiger partial charge is 0.163 e. The van der Waals surface area contributed by atoms with Crippen LogP contribution in [0.4, 0.5) is 0 Å². The lowest BCUT2D eigenvalue weighted by atomic mass is 10.0. The Morgan fingerprint density at radius 3 is 2.68 bits per heavy atom. The van der Waals surface area contributed by atoms with Gasteiger partial charge in [-0.2, -0.15) is 0 Å². The summed E-state index contributed by atoms with van der Waals surface area (Å²) in [5.74, 6) is 0.00594. The molecule has 1 heterocycles. The highest BCUT2D eigenvalue weighted by molar-refractivity contribution is 6.31. The summed E-state index contributed by atoms with van der Waals surface area (Å²) in [6, 6.07) is 5.65. The first-order valence-electron chi connectivity index (χ1n) is 6.57. The highest BCUT2D eigenvalue weighted by atomic mass is 35.5. The molecule has 19 heavy (non-hydrogen) atoms. The monoisotopic (exact) mass is 282 g/mol. The Balaban J connectivity index is 2.14. The molecule has 1 aromatic rings. The molecule has 1 fully saturated rings. The van der Waals surface area contributed by atoms with Gasteiger partial charge in [0.1, 0.15) is 6.10 Å². The molecular formula is C15H19ClO3. The third-order valence-corrected chi connectivity index (χ3v) is 3.77. The van der Waals surface area contributed by atoms with Crippen LogP contribution >= 0.6 is 11.6 Å². The predicted molar refractivity (Wildman–Crippen MR) is 74.5 cm³/mol. The van der Waals surface area contributed by atoms with Crippen LogP contribution in [0.1, 0.15) is 37.0 Å². The van der Waals surface area contributed by atoms with E-state index in [1.807, 2.05) is 25.1 Å². The lowest BCUT2D eigenvalue weighted by molar-refractivity contribution is -0.137. The van der Waals surface area contributed by atoms with Gasteiger partial charge in [-0.1, -0.05) is 23.7 Å². The topological polar surface area (TPSA) is 35.5 Å². The van der Waals surface area contributed by atoms with Gasteiger partial charge in [-0.05, 0) is 43.9 Å². The van der Waals surface area contributed by atoms with Crippen molar-refractivity contribution in [1.82, 2.24) is 0 Å². The van der Waals surface area contributed by atoms with Gasteiger partial charge in [0.15, 0.2) is 5.78 Å². The van der Waals surface area contributed by atoms with E-state index in [0.29, 0.717) is 18.2 Å². The van der Waals surface area contributed by atoms with Gasteiger partial charge in [-0.3, -0.25) is 4.79 Å². The Morgan fingerprint density at radius 1 is 1.42 bits per heavy atom. The summed E-state index contributed by atoms with van der Waals surface area (Å²) in [5.41, 5.74) is 1.83. The molecule has 1 aliphatic heterocycles. The molecule has 0 N–H and O–H groups in total. The van der Waals surface area contributed by atoms with Crippen molar-refractivity contribution in [3.8, 4) is 0 Å². The molecule has 1 unspecified atom stereocenters. The van der Waals surface area contributed by atoms with E-state index in [9.17, 15) is 4.79 Å². The zero-order valence-corrected chi connectivity index (χ0v) is 12.1. The van der Waals surface area contributed by atoms with E-state index >= 15 is 0 Å². The number of carbonyl (C=O) groups is 1. The standard InChI is InChI=1S/C15H19ClO3/c1-10-3-4-12(9-14(10)16)15(11(2)17)19-13-5-7-18-8-6-13/h3-4,9,13,15H,5-8H2,1-2H3. The van der Waals surface area contributed by atoms with Crippen LogP contribution in [0.2, 0.25) is 5.02 Å². The Bertz CT molecular complexity index is 453. The molecule has 3 nitrogen and oxygen atoms in total. The van der Waals surface area contributed by atoms with Gasteiger partial charge in [-0.25, -0.2) is 0 Å². The Kier molecular flexibility index (Phi) is 4.97. The minimum atomic E-state index is -0.527. The summed E-state index contributed by atoms with van der Waals surface area (Å²) in [6.45, 7) is 4.89. The SMILES string of the molecule is CC(=O)C(OC1CCOCC1)c1ccc(C)c(Cl)c1. The first-order valence-corrected chi connectivity index (χ1v) is 6.95. The van der Waals surface area contributed by atoms with Crippen molar-refractivity contribution in [3.05, 3.63) is 34.3 Å². The van der Waals surface area contributed by atoms with Crippen molar-refractivity contribution in [2.24, 2.45) is 0 Å². The number of hydrogen-bond acceptors (Lipinski definition) is 3. The largest absolute Gasteiger partial charge is 0.381 e. The molecule has 1 saturated heterocycles. The van der Waals surface area contributed by atoms with Crippen molar-refractivity contribution < 1.29 is 14.3 Å². The molecule has 0 amide bonds. The number of rotatable bonds is 4. The van der Waals surface area contributed by atoms with Crippen LogP contribution < -0.4 is 0 Å². The Morgan fingerprint density at radius 2 is 2.11 bits per heavy atom. The number of hydrogen-bond donors (Lipinski definition) is 0. The molecule has 1 aliphatic rings. The fourth-order valence-electron chi connectivity index (χ4n) is 2.19. The van der Waals surface area contributed by atoms with Crippen molar-refractivity contribution >= 4 is 17.4 Å². The van der Waals surface area contributed by atoms with Gasteiger partial charge in [0.25, 0.3) is 0 Å². The first-order chi connectivity index (χ1) is 9.08. The average molecular weight is 283 g/mol. The highest BCUT2D eigenvalue weighted by Crippen LogP contribution is 2.27. The van der Waals surface area contributed by atoms with Gasteiger partial charge in [0.2, 0.25) is 0 Å². The van der Waals surface area contributed by atoms with Gasteiger partial charge >= 0.3 is 0 Å². The van der Waals surface area contributed by atoms with Crippen LogP contribution in [-0.4, -0.2) is 25.1 Å². The van der Waals surface area contributed by atoms with Crippen molar-refractivity contribution in [1.29, 1.82) is 0 Å². The summed E-state index contributed by atoms with van der Waals surface area (Å²) in [7, 11) is 0. The van der Waals surface area contributed by atoms with Crippen molar-refractivity contribution in [3.63, 3.8) is 0 Å². The zero-order chi connectivity index (χ0) is 13.8. The number of benzene rings is 1. The Labute approximate surface area is 118 Å². The molecule has 0 aromatic heterocycles. The van der Waals surface area contributed by atoms with Gasteiger partial charge in [0.05, 0.1) is 6.10 Å². The summed E-state index contributed by atoms with van der Waals surface area (Å²) in [4.78, 5) is 11.8. The normalized spacial score (nSPS) is 18.3. The molecule has 0 spiro atoms. The molecule has 0 bridgehead atoms. The zero-order valence-electron chi connectivity index (χ0n) is 11.3. The van der Waals surface area contributed by atoms with E-state index in [2.05, 4.69) is 0 Å². The second-order valence-electron chi connectivity index (χ2n) is 4.95. The van der Waals surface area contributed by atoms with Crippen molar-refractivity contribution in [2.45, 2.75) is 38.9 Å². The number of ketones is 1. The number of aryl methyl sites for hydroxylation is 1. The van der Waals surface area contributed by atoms with Crippen LogP contribution in [-0.2, 0) is 14.3 Å². The van der Waals surface area contributed by atoms with Gasteiger partial charge in [0, 0.05) is 18.2 Å². The van der Waals surface area contributed by atoms with E-state index in [1.165, 1.54) is 0 Å². The molecular weight excluding hydrogens is 264 g/mol. The molecule has 104 valence electrons. The number of Topliss-reactive ketones (excluding diaryl/α,β-unsaturated/α-hetero) is 1. The van der Waals surface area contributed by atoms with Gasteiger partial charge < -0.3 is 9.47 Å². The minimum Gasteiger partial charge on any atom is -0.381 e. The fraction of sp³-hybridized carbons (Fsp3) is 0.533. The summed E-state index contributed by atoms with van der Waals surface area (Å²) in [6.07, 6.45) is 1.23. The molecule has 1 atom stereocenters. The second kappa shape index (κ2) is 6.51. The maximum absolute atomic E-state index is 11.8. The molecule has 0 saturated carbocycles. The van der Waals surface area contributed by atoms with E-state index in [1.54, 1.807) is 6.92 Å². The lowest BCUT2D eigenvalue weighted by Gasteiger charge is -2.27.